The minimum atomic E-state index is -1.08. The van der Waals surface area contributed by atoms with Crippen LogP contribution in [0.4, 0.5) is 5.69 Å². The molecule has 44 heavy (non-hydrogen) atoms. The molecular formula is C39H33NO4. The first-order valence-corrected chi connectivity index (χ1v) is 15.4. The van der Waals surface area contributed by atoms with Gasteiger partial charge in [0.2, 0.25) is 0 Å². The van der Waals surface area contributed by atoms with E-state index in [2.05, 4.69) is 71.6 Å². The van der Waals surface area contributed by atoms with Crippen molar-refractivity contribution < 1.29 is 19.0 Å². The summed E-state index contributed by atoms with van der Waals surface area (Å²) < 4.78 is 19.1. The van der Waals surface area contributed by atoms with Crippen molar-refractivity contribution in [3.8, 4) is 11.5 Å². The van der Waals surface area contributed by atoms with Gasteiger partial charge in [0.15, 0.2) is 12.3 Å². The predicted molar refractivity (Wildman–Crippen MR) is 170 cm³/mol. The van der Waals surface area contributed by atoms with Crippen LogP contribution in [-0.4, -0.2) is 19.3 Å². The first-order valence-electron chi connectivity index (χ1n) is 15.4. The molecule has 0 fully saturated rings. The summed E-state index contributed by atoms with van der Waals surface area (Å²) in [7, 11) is 0. The van der Waals surface area contributed by atoms with Crippen molar-refractivity contribution in [1.29, 1.82) is 0 Å². The van der Waals surface area contributed by atoms with Gasteiger partial charge in [-0.05, 0) is 72.9 Å². The standard InChI is InChI=1S/C39H33NO4/c41-38-34-16-7-8-17-35(34)39(44-38,32-19-21-37-30(23-32)24-40(26-43-37)33-14-5-2-6-15-33)31-18-20-36-28(22-31)12-9-13-29(25-42-36)27-10-3-1-4-11-27/h1-8,10-11,14-23,29H,9,12-13,24-26H2. The van der Waals surface area contributed by atoms with E-state index in [4.69, 9.17) is 14.2 Å². The second kappa shape index (κ2) is 10.9. The van der Waals surface area contributed by atoms with Gasteiger partial charge in [-0.25, -0.2) is 4.79 Å². The zero-order valence-electron chi connectivity index (χ0n) is 24.4. The first kappa shape index (κ1) is 26.6. The number of rotatable bonds is 4. The number of carbonyl (C=O) groups is 1. The highest BCUT2D eigenvalue weighted by molar-refractivity contribution is 5.96. The fraction of sp³-hybridized carbons (Fsp3) is 0.205. The van der Waals surface area contributed by atoms with Crippen LogP contribution in [0.1, 0.15) is 62.5 Å². The van der Waals surface area contributed by atoms with Gasteiger partial charge in [-0.3, -0.25) is 0 Å². The SMILES string of the molecule is O=C1OC(c2ccc3c(c2)CCCC(c2ccccc2)CO3)(c2ccc3c(c2)CN(c2ccccc2)CO3)c2ccccc21. The van der Waals surface area contributed by atoms with E-state index in [0.29, 0.717) is 31.4 Å². The molecule has 0 bridgehead atoms. The van der Waals surface area contributed by atoms with Crippen LogP contribution in [0.15, 0.2) is 121 Å². The second-order valence-electron chi connectivity index (χ2n) is 11.9. The summed E-state index contributed by atoms with van der Waals surface area (Å²) in [6.45, 7) is 1.82. The molecule has 5 aromatic rings. The molecule has 0 saturated carbocycles. The molecule has 3 aliphatic rings. The fourth-order valence-corrected chi connectivity index (χ4v) is 7.01. The van der Waals surface area contributed by atoms with E-state index >= 15 is 0 Å². The van der Waals surface area contributed by atoms with Crippen LogP contribution in [0.5, 0.6) is 11.5 Å². The fourth-order valence-electron chi connectivity index (χ4n) is 7.01. The van der Waals surface area contributed by atoms with Crippen LogP contribution >= 0.6 is 0 Å². The van der Waals surface area contributed by atoms with E-state index < -0.39 is 5.60 Å². The molecule has 0 N–H and O–H groups in total. The number of hydrogen-bond donors (Lipinski definition) is 0. The van der Waals surface area contributed by atoms with Gasteiger partial charge in [-0.2, -0.15) is 0 Å². The van der Waals surface area contributed by atoms with Crippen LogP contribution in [0, 0.1) is 0 Å². The first-order chi connectivity index (χ1) is 21.7. The topological polar surface area (TPSA) is 48.0 Å². The molecule has 2 atom stereocenters. The molecule has 5 heteroatoms. The summed E-state index contributed by atoms with van der Waals surface area (Å²) in [6.07, 6.45) is 3.00. The maximum absolute atomic E-state index is 13.4. The zero-order chi connectivity index (χ0) is 29.5. The van der Waals surface area contributed by atoms with Crippen molar-refractivity contribution in [2.75, 3.05) is 18.2 Å². The van der Waals surface area contributed by atoms with E-state index in [-0.39, 0.29) is 5.97 Å². The van der Waals surface area contributed by atoms with Gasteiger partial charge in [-0.15, -0.1) is 0 Å². The third kappa shape index (κ3) is 4.51. The number of carbonyl (C=O) groups excluding carboxylic acids is 1. The lowest BCUT2D eigenvalue weighted by Gasteiger charge is -2.34. The number of benzene rings is 5. The van der Waals surface area contributed by atoms with Crippen LogP contribution in [0.25, 0.3) is 0 Å². The molecule has 5 aromatic carbocycles. The number of esters is 1. The number of aryl methyl sites for hydroxylation is 1. The summed E-state index contributed by atoms with van der Waals surface area (Å²) in [5, 5.41) is 0. The van der Waals surface area contributed by atoms with E-state index in [1.54, 1.807) is 0 Å². The third-order valence-corrected chi connectivity index (χ3v) is 9.27. The van der Waals surface area contributed by atoms with Crippen molar-refractivity contribution in [1.82, 2.24) is 0 Å². The Bertz CT molecular complexity index is 1840. The third-order valence-electron chi connectivity index (χ3n) is 9.27. The lowest BCUT2D eigenvalue weighted by Crippen LogP contribution is -2.33. The number of fused-ring (bicyclic) bond motifs is 3. The highest BCUT2D eigenvalue weighted by Crippen LogP contribution is 2.49. The Morgan fingerprint density at radius 1 is 0.705 bits per heavy atom. The second-order valence-corrected chi connectivity index (χ2v) is 11.9. The summed E-state index contributed by atoms with van der Waals surface area (Å²) in [6, 6.07) is 41.2. The van der Waals surface area contributed by atoms with Gasteiger partial charge in [0.05, 0.1) is 12.2 Å². The number of ether oxygens (including phenoxy) is 3. The molecule has 3 heterocycles. The Morgan fingerprint density at radius 2 is 1.39 bits per heavy atom. The van der Waals surface area contributed by atoms with E-state index in [9.17, 15) is 4.79 Å². The van der Waals surface area contributed by atoms with Crippen LogP contribution in [-0.2, 0) is 23.3 Å². The van der Waals surface area contributed by atoms with Gasteiger partial charge in [0.1, 0.15) is 11.5 Å². The van der Waals surface area contributed by atoms with E-state index in [1.807, 2.05) is 54.6 Å². The molecule has 0 spiro atoms. The number of anilines is 1. The zero-order valence-corrected chi connectivity index (χ0v) is 24.4. The Kier molecular flexibility index (Phi) is 6.59. The van der Waals surface area contributed by atoms with Crippen LogP contribution in [0.3, 0.4) is 0 Å². The summed E-state index contributed by atoms with van der Waals surface area (Å²) in [5.74, 6) is 1.81. The molecule has 0 saturated heterocycles. The monoisotopic (exact) mass is 579 g/mol. The maximum Gasteiger partial charge on any atom is 0.340 e. The Hall–Kier alpha value is -5.03. The molecule has 2 unspecified atom stereocenters. The average Bonchev–Trinajstić information content (AvgIpc) is 3.38. The summed E-state index contributed by atoms with van der Waals surface area (Å²) in [5.41, 5.74) is 6.83. The van der Waals surface area contributed by atoms with Gasteiger partial charge in [0.25, 0.3) is 0 Å². The number of hydrogen-bond acceptors (Lipinski definition) is 5. The van der Waals surface area contributed by atoms with Crippen molar-refractivity contribution in [2.45, 2.75) is 37.3 Å². The smallest absolute Gasteiger partial charge is 0.340 e. The predicted octanol–water partition coefficient (Wildman–Crippen LogP) is 8.00. The lowest BCUT2D eigenvalue weighted by atomic mass is 9.78. The minimum Gasteiger partial charge on any atom is -0.493 e. The van der Waals surface area contributed by atoms with Crippen molar-refractivity contribution in [3.63, 3.8) is 0 Å². The molecule has 218 valence electrons. The summed E-state index contributed by atoms with van der Waals surface area (Å²) >= 11 is 0. The van der Waals surface area contributed by atoms with E-state index in [0.717, 1.165) is 64.3 Å². The van der Waals surface area contributed by atoms with Crippen LogP contribution in [0.2, 0.25) is 0 Å². The average molecular weight is 580 g/mol. The Balaban J connectivity index is 1.19. The van der Waals surface area contributed by atoms with E-state index in [1.165, 1.54) is 5.56 Å². The number of cyclic esters (lactones) is 1. The normalized spacial score (nSPS) is 20.6. The Labute approximate surface area is 257 Å². The molecular weight excluding hydrogens is 546 g/mol. The highest BCUT2D eigenvalue weighted by atomic mass is 16.6. The van der Waals surface area contributed by atoms with Gasteiger partial charge in [0, 0.05) is 40.4 Å². The van der Waals surface area contributed by atoms with Gasteiger partial charge < -0.3 is 19.1 Å². The van der Waals surface area contributed by atoms with Crippen molar-refractivity contribution in [3.05, 3.63) is 160 Å². The number of para-hydroxylation sites is 1. The minimum absolute atomic E-state index is 0.311. The molecule has 3 aliphatic heterocycles. The van der Waals surface area contributed by atoms with Gasteiger partial charge >= 0.3 is 5.97 Å². The highest BCUT2D eigenvalue weighted by Gasteiger charge is 2.49. The van der Waals surface area contributed by atoms with Crippen molar-refractivity contribution >= 4 is 11.7 Å². The molecule has 0 radical (unpaired) electrons. The molecule has 8 rings (SSSR count). The lowest BCUT2D eigenvalue weighted by molar-refractivity contribution is 0.0250. The molecule has 0 aliphatic carbocycles. The van der Waals surface area contributed by atoms with Crippen molar-refractivity contribution in [2.24, 2.45) is 0 Å². The molecule has 0 amide bonds. The van der Waals surface area contributed by atoms with Gasteiger partial charge in [-0.1, -0.05) is 78.9 Å². The molecule has 0 aromatic heterocycles. The quantitative estimate of drug-likeness (QED) is 0.202. The molecule has 5 nitrogen and oxygen atoms in total. The number of nitrogens with zero attached hydrogens (tertiary/aromatic N) is 1. The largest absolute Gasteiger partial charge is 0.493 e. The Morgan fingerprint density at radius 3 is 2.18 bits per heavy atom. The summed E-state index contributed by atoms with van der Waals surface area (Å²) in [4.78, 5) is 15.6. The maximum atomic E-state index is 13.4. The van der Waals surface area contributed by atoms with Crippen LogP contribution < -0.4 is 14.4 Å².